The summed E-state index contributed by atoms with van der Waals surface area (Å²) in [6, 6.07) is 13.8. The van der Waals surface area contributed by atoms with Crippen molar-refractivity contribution in [3.05, 3.63) is 65.5 Å². The van der Waals surface area contributed by atoms with E-state index in [-0.39, 0.29) is 23.8 Å². The average Bonchev–Trinajstić information content (AvgIpc) is 2.70. The molecule has 0 saturated carbocycles. The standard InChI is InChI=1S/C21H25FN2O3/c1-26-19-8-4-16(5-9-19)20(12-15-2-6-17(22)7-3-15)24-21(25)13-18-14-27-11-10-23-18/h2-9,18,20,23H,10-14H2,1H3,(H,24,25). The molecule has 3 rings (SSSR count). The van der Waals surface area contributed by atoms with Gasteiger partial charge < -0.3 is 20.1 Å². The van der Waals surface area contributed by atoms with E-state index in [9.17, 15) is 9.18 Å². The number of hydrogen-bond donors (Lipinski definition) is 2. The average molecular weight is 372 g/mol. The summed E-state index contributed by atoms with van der Waals surface area (Å²) in [5.74, 6) is 0.447. The minimum Gasteiger partial charge on any atom is -0.497 e. The molecule has 1 saturated heterocycles. The largest absolute Gasteiger partial charge is 0.497 e. The Morgan fingerprint density at radius 3 is 2.63 bits per heavy atom. The number of nitrogens with one attached hydrogen (secondary N) is 2. The van der Waals surface area contributed by atoms with E-state index in [0.717, 1.165) is 23.4 Å². The molecule has 0 bridgehead atoms. The van der Waals surface area contributed by atoms with Crippen LogP contribution in [-0.4, -0.2) is 38.8 Å². The molecule has 0 radical (unpaired) electrons. The Morgan fingerprint density at radius 2 is 2.00 bits per heavy atom. The number of benzene rings is 2. The smallest absolute Gasteiger partial charge is 0.222 e. The van der Waals surface area contributed by atoms with Crippen LogP contribution in [0.3, 0.4) is 0 Å². The van der Waals surface area contributed by atoms with Crippen molar-refractivity contribution in [1.82, 2.24) is 10.6 Å². The van der Waals surface area contributed by atoms with Crippen LogP contribution in [0, 0.1) is 5.82 Å². The number of ether oxygens (including phenoxy) is 2. The Bertz CT molecular complexity index is 728. The number of carbonyl (C=O) groups excluding carboxylic acids is 1. The van der Waals surface area contributed by atoms with Crippen molar-refractivity contribution >= 4 is 5.91 Å². The van der Waals surface area contributed by atoms with E-state index in [0.29, 0.717) is 26.1 Å². The van der Waals surface area contributed by atoms with Crippen molar-refractivity contribution in [3.63, 3.8) is 0 Å². The molecule has 2 unspecified atom stereocenters. The van der Waals surface area contributed by atoms with Crippen LogP contribution in [0.25, 0.3) is 0 Å². The molecule has 0 aromatic heterocycles. The number of amides is 1. The molecule has 0 aliphatic carbocycles. The lowest BCUT2D eigenvalue weighted by Gasteiger charge is -2.25. The molecule has 0 spiro atoms. The van der Waals surface area contributed by atoms with E-state index >= 15 is 0 Å². The van der Waals surface area contributed by atoms with E-state index in [1.807, 2.05) is 24.3 Å². The lowest BCUT2D eigenvalue weighted by Crippen LogP contribution is -2.44. The topological polar surface area (TPSA) is 59.6 Å². The van der Waals surface area contributed by atoms with Crippen molar-refractivity contribution in [1.29, 1.82) is 0 Å². The van der Waals surface area contributed by atoms with Gasteiger partial charge in [0.2, 0.25) is 5.91 Å². The maximum Gasteiger partial charge on any atom is 0.222 e. The van der Waals surface area contributed by atoms with Gasteiger partial charge in [-0.15, -0.1) is 0 Å². The predicted molar refractivity (Wildman–Crippen MR) is 101 cm³/mol. The Hall–Kier alpha value is -2.44. The number of methoxy groups -OCH3 is 1. The van der Waals surface area contributed by atoms with E-state index in [4.69, 9.17) is 9.47 Å². The van der Waals surface area contributed by atoms with Gasteiger partial charge in [-0.2, -0.15) is 0 Å². The van der Waals surface area contributed by atoms with Crippen LogP contribution >= 0.6 is 0 Å². The van der Waals surface area contributed by atoms with Gasteiger partial charge in [0.05, 0.1) is 26.4 Å². The molecular formula is C21H25FN2O3. The van der Waals surface area contributed by atoms with Gasteiger partial charge >= 0.3 is 0 Å². The summed E-state index contributed by atoms with van der Waals surface area (Å²) in [5, 5.41) is 6.40. The molecule has 2 aromatic carbocycles. The molecule has 6 heteroatoms. The first-order chi connectivity index (χ1) is 13.1. The number of halogens is 1. The molecule has 27 heavy (non-hydrogen) atoms. The first-order valence-corrected chi connectivity index (χ1v) is 9.13. The summed E-state index contributed by atoms with van der Waals surface area (Å²) in [5.41, 5.74) is 1.93. The molecule has 2 N–H and O–H groups in total. The van der Waals surface area contributed by atoms with Crippen molar-refractivity contribution in [2.75, 3.05) is 26.9 Å². The van der Waals surface area contributed by atoms with Gasteiger partial charge in [-0.25, -0.2) is 4.39 Å². The highest BCUT2D eigenvalue weighted by molar-refractivity contribution is 5.77. The monoisotopic (exact) mass is 372 g/mol. The van der Waals surface area contributed by atoms with Gasteiger partial charge in [0.25, 0.3) is 0 Å². The Labute approximate surface area is 158 Å². The molecule has 1 amide bonds. The summed E-state index contributed by atoms with van der Waals surface area (Å²) in [6.07, 6.45) is 0.934. The molecule has 1 aliphatic heterocycles. The van der Waals surface area contributed by atoms with E-state index < -0.39 is 0 Å². The van der Waals surface area contributed by atoms with Crippen molar-refractivity contribution in [2.45, 2.75) is 24.9 Å². The minimum atomic E-state index is -0.271. The molecule has 2 aromatic rings. The van der Waals surface area contributed by atoms with Crippen molar-refractivity contribution in [2.24, 2.45) is 0 Å². The van der Waals surface area contributed by atoms with Gasteiger partial charge in [-0.05, 0) is 41.8 Å². The third-order valence-electron chi connectivity index (χ3n) is 4.64. The van der Waals surface area contributed by atoms with E-state index in [2.05, 4.69) is 10.6 Å². The summed E-state index contributed by atoms with van der Waals surface area (Å²) in [6.45, 7) is 1.98. The lowest BCUT2D eigenvalue weighted by atomic mass is 9.98. The van der Waals surface area contributed by atoms with Crippen molar-refractivity contribution in [3.8, 4) is 5.75 Å². The van der Waals surface area contributed by atoms with Crippen molar-refractivity contribution < 1.29 is 18.7 Å². The number of carbonyl (C=O) groups is 1. The zero-order chi connectivity index (χ0) is 19.1. The third-order valence-corrected chi connectivity index (χ3v) is 4.64. The molecule has 1 fully saturated rings. The first kappa shape index (κ1) is 19.3. The quantitative estimate of drug-likeness (QED) is 0.784. The normalized spacial score (nSPS) is 17.9. The SMILES string of the molecule is COc1ccc(C(Cc2ccc(F)cc2)NC(=O)CC2COCCN2)cc1. The fourth-order valence-electron chi connectivity index (χ4n) is 3.17. The third kappa shape index (κ3) is 5.77. The fraction of sp³-hybridized carbons (Fsp3) is 0.381. The van der Waals surface area contributed by atoms with Crippen LogP contribution in [0.2, 0.25) is 0 Å². The Morgan fingerprint density at radius 1 is 1.26 bits per heavy atom. The summed E-state index contributed by atoms with van der Waals surface area (Å²) < 4.78 is 23.8. The highest BCUT2D eigenvalue weighted by Crippen LogP contribution is 2.22. The van der Waals surface area contributed by atoms with E-state index in [1.165, 1.54) is 12.1 Å². The number of hydrogen-bond acceptors (Lipinski definition) is 4. The van der Waals surface area contributed by atoms with Gasteiger partial charge in [-0.3, -0.25) is 4.79 Å². The number of morpholine rings is 1. The van der Waals surface area contributed by atoms with Gasteiger partial charge in [0.1, 0.15) is 11.6 Å². The van der Waals surface area contributed by atoms with Gasteiger partial charge in [-0.1, -0.05) is 24.3 Å². The van der Waals surface area contributed by atoms with Gasteiger partial charge in [0.15, 0.2) is 0 Å². The maximum atomic E-state index is 13.2. The summed E-state index contributed by atoms with van der Waals surface area (Å²) in [7, 11) is 1.62. The zero-order valence-corrected chi connectivity index (χ0v) is 15.4. The molecule has 144 valence electrons. The maximum absolute atomic E-state index is 13.2. The second-order valence-corrected chi connectivity index (χ2v) is 6.65. The second kappa shape index (κ2) is 9.48. The lowest BCUT2D eigenvalue weighted by molar-refractivity contribution is -0.123. The molecule has 5 nitrogen and oxygen atoms in total. The van der Waals surface area contributed by atoms with Crippen LogP contribution in [0.15, 0.2) is 48.5 Å². The zero-order valence-electron chi connectivity index (χ0n) is 15.4. The first-order valence-electron chi connectivity index (χ1n) is 9.13. The van der Waals surface area contributed by atoms with Crippen LogP contribution in [0.5, 0.6) is 5.75 Å². The molecule has 1 aliphatic rings. The van der Waals surface area contributed by atoms with E-state index in [1.54, 1.807) is 19.2 Å². The predicted octanol–water partition coefficient (Wildman–Crippen LogP) is 2.61. The Kier molecular flexibility index (Phi) is 6.79. The fourth-order valence-corrected chi connectivity index (χ4v) is 3.17. The second-order valence-electron chi connectivity index (χ2n) is 6.65. The Balaban J connectivity index is 1.71. The van der Waals surface area contributed by atoms with Gasteiger partial charge in [0, 0.05) is 19.0 Å². The minimum absolute atomic E-state index is 0.0288. The van der Waals surface area contributed by atoms with Crippen LogP contribution in [-0.2, 0) is 16.0 Å². The van der Waals surface area contributed by atoms with Crippen LogP contribution < -0.4 is 15.4 Å². The highest BCUT2D eigenvalue weighted by atomic mass is 19.1. The summed E-state index contributed by atoms with van der Waals surface area (Å²) >= 11 is 0. The van der Waals surface area contributed by atoms with Crippen LogP contribution in [0.1, 0.15) is 23.6 Å². The number of rotatable bonds is 7. The van der Waals surface area contributed by atoms with Crippen LogP contribution in [0.4, 0.5) is 4.39 Å². The molecule has 2 atom stereocenters. The molecule has 1 heterocycles. The molecular weight excluding hydrogens is 347 g/mol. The highest BCUT2D eigenvalue weighted by Gasteiger charge is 2.20. The summed E-state index contributed by atoms with van der Waals surface area (Å²) in [4.78, 5) is 12.6.